The molecule has 0 spiro atoms. The maximum Gasteiger partial charge on any atom is 0.328 e. The van der Waals surface area contributed by atoms with E-state index in [0.717, 1.165) is 17.7 Å². The summed E-state index contributed by atoms with van der Waals surface area (Å²) in [5.41, 5.74) is 2.02. The monoisotopic (exact) mass is 378 g/mol. The molecular weight excluding hydrogens is 360 g/mol. The summed E-state index contributed by atoms with van der Waals surface area (Å²) in [6.45, 7) is -0.133. The number of hydrogen-bond donors (Lipinski definition) is 4. The average molecular weight is 378 g/mol. The van der Waals surface area contributed by atoms with Crippen LogP contribution in [0.25, 0.3) is 10.9 Å². The number of aliphatic hydroxyl groups is 1. The van der Waals surface area contributed by atoms with Gasteiger partial charge in [0.15, 0.2) is 0 Å². The molecule has 1 amide bonds. The van der Waals surface area contributed by atoms with Crippen molar-refractivity contribution in [3.05, 3.63) is 72.6 Å². The second-order valence-electron chi connectivity index (χ2n) is 5.91. The minimum absolute atomic E-state index is 0.133. The molecule has 1 atom stereocenters. The molecule has 0 saturated heterocycles. The van der Waals surface area contributed by atoms with Crippen molar-refractivity contribution < 1.29 is 19.8 Å². The number of aliphatic hydroxyl groups excluding tert-OH is 1. The zero-order valence-corrected chi connectivity index (χ0v) is 14.7. The lowest BCUT2D eigenvalue weighted by Gasteiger charge is -2.18. The molecule has 0 aliphatic carbocycles. The van der Waals surface area contributed by atoms with Gasteiger partial charge in [0.25, 0.3) is 0 Å². The van der Waals surface area contributed by atoms with Crippen LogP contribution in [0.15, 0.2) is 67.0 Å². The fourth-order valence-corrected chi connectivity index (χ4v) is 2.67. The normalized spacial score (nSPS) is 12.0. The molecule has 0 unspecified atom stereocenters. The van der Waals surface area contributed by atoms with Crippen LogP contribution < -0.4 is 10.6 Å². The maximum absolute atomic E-state index is 11.8. The first-order valence-electron chi connectivity index (χ1n) is 8.46. The van der Waals surface area contributed by atoms with Gasteiger partial charge in [-0.15, -0.1) is 0 Å². The highest BCUT2D eigenvalue weighted by atomic mass is 16.4. The number of fused-ring (bicyclic) bond motifs is 1. The molecule has 1 heterocycles. The molecule has 4 N–H and O–H groups in total. The van der Waals surface area contributed by atoms with E-state index in [9.17, 15) is 14.7 Å². The van der Waals surface area contributed by atoms with Crippen molar-refractivity contribution in [3.8, 4) is 0 Å². The zero-order valence-electron chi connectivity index (χ0n) is 14.7. The quantitative estimate of drug-likeness (QED) is 0.465. The lowest BCUT2D eigenvalue weighted by atomic mass is 10.1. The Labute approximate surface area is 160 Å². The average Bonchev–Trinajstić information content (AvgIpc) is 2.71. The Hall–Kier alpha value is -3.78. The predicted molar refractivity (Wildman–Crippen MR) is 105 cm³/mol. The van der Waals surface area contributed by atoms with Gasteiger partial charge in [-0.05, 0) is 23.8 Å². The van der Waals surface area contributed by atoms with Gasteiger partial charge in [0, 0.05) is 23.2 Å². The van der Waals surface area contributed by atoms with E-state index in [2.05, 4.69) is 20.6 Å². The van der Waals surface area contributed by atoms with Crippen LogP contribution in [-0.2, 0) is 9.59 Å². The van der Waals surface area contributed by atoms with Gasteiger partial charge in [0.2, 0.25) is 5.91 Å². The molecule has 0 saturated carbocycles. The van der Waals surface area contributed by atoms with Crippen LogP contribution in [0.2, 0.25) is 0 Å². The van der Waals surface area contributed by atoms with Gasteiger partial charge >= 0.3 is 5.97 Å². The number of amides is 1. The molecule has 1 aromatic heterocycles. The number of rotatable bonds is 7. The first-order valence-corrected chi connectivity index (χ1v) is 8.46. The van der Waals surface area contributed by atoms with Crippen LogP contribution in [0.1, 0.15) is 11.6 Å². The van der Waals surface area contributed by atoms with Crippen molar-refractivity contribution in [2.75, 3.05) is 17.2 Å². The second kappa shape index (κ2) is 8.74. The lowest BCUT2D eigenvalue weighted by Crippen LogP contribution is -2.16. The van der Waals surface area contributed by atoms with E-state index < -0.39 is 11.9 Å². The number of nitrogens with one attached hydrogen (secondary N) is 2. The van der Waals surface area contributed by atoms with Gasteiger partial charge in [0.05, 0.1) is 18.2 Å². The van der Waals surface area contributed by atoms with Crippen LogP contribution in [0.5, 0.6) is 0 Å². The molecular formula is C20H18N4O4. The summed E-state index contributed by atoms with van der Waals surface area (Å²) in [5.74, 6) is -1.26. The van der Waals surface area contributed by atoms with Gasteiger partial charge < -0.3 is 20.8 Å². The molecule has 28 heavy (non-hydrogen) atoms. The molecule has 3 rings (SSSR count). The number of nitrogens with zero attached hydrogens (tertiary/aromatic N) is 2. The number of anilines is 2. The Balaban J connectivity index is 1.88. The van der Waals surface area contributed by atoms with Crippen molar-refractivity contribution in [3.63, 3.8) is 0 Å². The summed E-state index contributed by atoms with van der Waals surface area (Å²) in [6, 6.07) is 14.2. The highest BCUT2D eigenvalue weighted by Gasteiger charge is 2.13. The Morgan fingerprint density at radius 2 is 1.86 bits per heavy atom. The summed E-state index contributed by atoms with van der Waals surface area (Å²) < 4.78 is 0. The number of carbonyl (C=O) groups is 2. The first kappa shape index (κ1) is 19.0. The summed E-state index contributed by atoms with van der Waals surface area (Å²) in [5, 5.41) is 24.8. The van der Waals surface area contributed by atoms with E-state index >= 15 is 0 Å². The third kappa shape index (κ3) is 4.68. The Bertz CT molecular complexity index is 1020. The molecule has 8 nitrogen and oxygen atoms in total. The van der Waals surface area contributed by atoms with Gasteiger partial charge in [-0.3, -0.25) is 4.79 Å². The SMILES string of the molecule is O=C(O)/C=C/C(=O)Nc1ccc2ncnc(N[C@H](CO)c3ccccc3)c2c1. The zero-order chi connectivity index (χ0) is 19.9. The van der Waals surface area contributed by atoms with Crippen molar-refractivity contribution in [2.24, 2.45) is 0 Å². The van der Waals surface area contributed by atoms with Gasteiger partial charge in [0.1, 0.15) is 12.1 Å². The molecule has 0 radical (unpaired) electrons. The van der Waals surface area contributed by atoms with Gasteiger partial charge in [-0.25, -0.2) is 14.8 Å². The number of carbonyl (C=O) groups excluding carboxylic acids is 1. The third-order valence-corrected chi connectivity index (χ3v) is 3.98. The Kier molecular flexibility index (Phi) is 5.93. The molecule has 0 fully saturated rings. The van der Waals surface area contributed by atoms with Gasteiger partial charge in [-0.2, -0.15) is 0 Å². The van der Waals surface area contributed by atoms with Crippen LogP contribution in [0, 0.1) is 0 Å². The number of aromatic nitrogens is 2. The topological polar surface area (TPSA) is 124 Å². The third-order valence-electron chi connectivity index (χ3n) is 3.98. The number of hydrogen-bond acceptors (Lipinski definition) is 6. The fraction of sp³-hybridized carbons (Fsp3) is 0.100. The molecule has 0 bridgehead atoms. The second-order valence-corrected chi connectivity index (χ2v) is 5.91. The molecule has 8 heteroatoms. The van der Waals surface area contributed by atoms with Crippen LogP contribution in [0.3, 0.4) is 0 Å². The van der Waals surface area contributed by atoms with E-state index in [-0.39, 0.29) is 12.6 Å². The highest BCUT2D eigenvalue weighted by Crippen LogP contribution is 2.26. The highest BCUT2D eigenvalue weighted by molar-refractivity contribution is 6.03. The number of carboxylic acids is 1. The van der Waals surface area contributed by atoms with Gasteiger partial charge in [-0.1, -0.05) is 30.3 Å². The standard InChI is InChI=1S/C20H18N4O4/c25-11-17(13-4-2-1-3-5-13)24-20-15-10-14(6-7-16(15)21-12-22-20)23-18(26)8-9-19(27)28/h1-10,12,17,25H,11H2,(H,23,26)(H,27,28)(H,21,22,24)/b9-8+/t17-/m1/s1. The smallest absolute Gasteiger partial charge is 0.328 e. The van der Waals surface area contributed by atoms with Crippen molar-refractivity contribution in [1.29, 1.82) is 0 Å². The molecule has 142 valence electrons. The summed E-state index contributed by atoms with van der Waals surface area (Å²) in [6.07, 6.45) is 3.11. The van der Waals surface area contributed by atoms with E-state index in [0.29, 0.717) is 22.4 Å². The summed E-state index contributed by atoms with van der Waals surface area (Å²) in [4.78, 5) is 30.8. The number of benzene rings is 2. The molecule has 3 aromatic rings. The predicted octanol–water partition coefficient (Wildman–Crippen LogP) is 2.35. The minimum Gasteiger partial charge on any atom is -0.478 e. The minimum atomic E-state index is -1.20. The van der Waals surface area contributed by atoms with E-state index in [1.165, 1.54) is 6.33 Å². The summed E-state index contributed by atoms with van der Waals surface area (Å²) >= 11 is 0. The van der Waals surface area contributed by atoms with E-state index in [4.69, 9.17) is 5.11 Å². The fourth-order valence-electron chi connectivity index (χ4n) is 2.67. The lowest BCUT2D eigenvalue weighted by molar-refractivity contribution is -0.131. The van der Waals surface area contributed by atoms with Crippen LogP contribution >= 0.6 is 0 Å². The summed E-state index contributed by atoms with van der Waals surface area (Å²) in [7, 11) is 0. The number of aliphatic carboxylic acids is 1. The molecule has 0 aliphatic rings. The molecule has 2 aromatic carbocycles. The number of carboxylic acid groups (broad SMARTS) is 1. The Morgan fingerprint density at radius 1 is 1.07 bits per heavy atom. The Morgan fingerprint density at radius 3 is 2.57 bits per heavy atom. The van der Waals surface area contributed by atoms with E-state index in [1.807, 2.05) is 30.3 Å². The maximum atomic E-state index is 11.8. The largest absolute Gasteiger partial charge is 0.478 e. The van der Waals surface area contributed by atoms with Crippen molar-refractivity contribution in [2.45, 2.75) is 6.04 Å². The van der Waals surface area contributed by atoms with Crippen LogP contribution in [0.4, 0.5) is 11.5 Å². The van der Waals surface area contributed by atoms with E-state index in [1.54, 1.807) is 18.2 Å². The first-order chi connectivity index (χ1) is 13.6. The van der Waals surface area contributed by atoms with Crippen molar-refractivity contribution in [1.82, 2.24) is 9.97 Å². The van der Waals surface area contributed by atoms with Crippen LogP contribution in [-0.4, -0.2) is 38.7 Å². The molecule has 0 aliphatic heterocycles. The van der Waals surface area contributed by atoms with Crippen molar-refractivity contribution >= 4 is 34.3 Å².